The van der Waals surface area contributed by atoms with Gasteiger partial charge in [-0.25, -0.2) is 9.37 Å². The molecular weight excluding hydrogens is 459 g/mol. The zero-order chi connectivity index (χ0) is 24.2. The number of anilines is 2. The molecule has 0 bridgehead atoms. The molecule has 1 unspecified atom stereocenters. The van der Waals surface area contributed by atoms with E-state index >= 15 is 0 Å². The summed E-state index contributed by atoms with van der Waals surface area (Å²) >= 11 is 1.21. The van der Waals surface area contributed by atoms with E-state index < -0.39 is 11.7 Å². The second-order valence-electron chi connectivity index (χ2n) is 8.43. The van der Waals surface area contributed by atoms with Crippen molar-refractivity contribution in [2.45, 2.75) is 39.7 Å². The van der Waals surface area contributed by atoms with Gasteiger partial charge in [0, 0.05) is 19.6 Å². The molecule has 4 rings (SSSR count). The van der Waals surface area contributed by atoms with Crippen molar-refractivity contribution in [3.63, 3.8) is 0 Å². The van der Waals surface area contributed by atoms with E-state index in [1.807, 2.05) is 11.8 Å². The van der Waals surface area contributed by atoms with Crippen LogP contribution < -0.4 is 21.1 Å². The standard InChI is InChI=1S/C23H27FN6O3S/c1-3-8-25-21(32)15-5-4-9-29(11-15)23-28-20-19(34-23)22(33)30(13-26-20)12-18(31)27-17-7-6-14(2)10-16(17)24/h6-7,10,13,15H,3-5,8-9,11-12H2,1-2H3,(H,25,32)(H,27,31). The van der Waals surface area contributed by atoms with Crippen LogP contribution in [-0.4, -0.2) is 46.0 Å². The molecule has 11 heteroatoms. The normalized spacial score (nSPS) is 16.0. The van der Waals surface area contributed by atoms with Gasteiger partial charge in [-0.05, 0) is 43.9 Å². The van der Waals surface area contributed by atoms with Gasteiger partial charge in [-0.2, -0.15) is 4.98 Å². The van der Waals surface area contributed by atoms with Gasteiger partial charge in [0.05, 0.1) is 11.6 Å². The molecular formula is C23H27FN6O3S. The minimum absolute atomic E-state index is 0.0455. The van der Waals surface area contributed by atoms with Gasteiger partial charge in [0.1, 0.15) is 23.4 Å². The van der Waals surface area contributed by atoms with Gasteiger partial charge in [0.2, 0.25) is 11.8 Å². The molecule has 0 saturated carbocycles. The maximum Gasteiger partial charge on any atom is 0.273 e. The lowest BCUT2D eigenvalue weighted by Gasteiger charge is -2.31. The summed E-state index contributed by atoms with van der Waals surface area (Å²) in [6.07, 6.45) is 3.83. The molecule has 1 atom stereocenters. The highest BCUT2D eigenvalue weighted by atomic mass is 32.1. The van der Waals surface area contributed by atoms with E-state index in [9.17, 15) is 18.8 Å². The molecule has 2 aromatic heterocycles. The van der Waals surface area contributed by atoms with Crippen molar-refractivity contribution in [2.75, 3.05) is 29.9 Å². The van der Waals surface area contributed by atoms with Gasteiger partial charge in [-0.15, -0.1) is 0 Å². The number of nitrogens with one attached hydrogen (secondary N) is 2. The fraction of sp³-hybridized carbons (Fsp3) is 0.435. The number of amides is 2. The number of nitrogens with zero attached hydrogens (tertiary/aromatic N) is 4. The zero-order valence-electron chi connectivity index (χ0n) is 19.1. The molecule has 0 radical (unpaired) electrons. The van der Waals surface area contributed by atoms with E-state index in [1.165, 1.54) is 34.4 Å². The first-order chi connectivity index (χ1) is 16.4. The Balaban J connectivity index is 1.48. The number of hydrogen-bond acceptors (Lipinski definition) is 7. The van der Waals surface area contributed by atoms with Crippen molar-refractivity contribution in [3.05, 3.63) is 46.3 Å². The van der Waals surface area contributed by atoms with Crippen LogP contribution in [-0.2, 0) is 16.1 Å². The molecule has 2 N–H and O–H groups in total. The quantitative estimate of drug-likeness (QED) is 0.532. The Morgan fingerprint density at radius 1 is 1.32 bits per heavy atom. The largest absolute Gasteiger partial charge is 0.356 e. The third kappa shape index (κ3) is 5.24. The summed E-state index contributed by atoms with van der Waals surface area (Å²) in [5.74, 6) is -1.15. The minimum Gasteiger partial charge on any atom is -0.356 e. The number of piperidine rings is 1. The third-order valence-corrected chi connectivity index (χ3v) is 6.79. The van der Waals surface area contributed by atoms with Crippen molar-refractivity contribution < 1.29 is 14.0 Å². The highest BCUT2D eigenvalue weighted by Gasteiger charge is 2.28. The summed E-state index contributed by atoms with van der Waals surface area (Å²) in [5.41, 5.74) is 0.718. The predicted molar refractivity (Wildman–Crippen MR) is 130 cm³/mol. The van der Waals surface area contributed by atoms with Crippen LogP contribution >= 0.6 is 11.3 Å². The van der Waals surface area contributed by atoms with E-state index in [-0.39, 0.29) is 29.6 Å². The Kier molecular flexibility index (Phi) is 7.20. The van der Waals surface area contributed by atoms with Crippen LogP contribution in [0.5, 0.6) is 0 Å². The first kappa shape index (κ1) is 23.8. The Bertz CT molecular complexity index is 1270. The number of benzene rings is 1. The summed E-state index contributed by atoms with van der Waals surface area (Å²) < 4.78 is 15.5. The molecule has 1 saturated heterocycles. The third-order valence-electron chi connectivity index (χ3n) is 5.70. The number of hydrogen-bond donors (Lipinski definition) is 2. The molecule has 34 heavy (non-hydrogen) atoms. The number of aryl methyl sites for hydroxylation is 1. The molecule has 3 aromatic rings. The summed E-state index contributed by atoms with van der Waals surface area (Å²) in [4.78, 5) is 48.5. The molecule has 0 spiro atoms. The van der Waals surface area contributed by atoms with Gasteiger partial charge >= 0.3 is 0 Å². The number of halogens is 1. The monoisotopic (exact) mass is 486 g/mol. The SMILES string of the molecule is CCCNC(=O)C1CCCN(c2nc3ncn(CC(=O)Nc4ccc(C)cc4F)c(=O)c3s2)C1. The zero-order valence-corrected chi connectivity index (χ0v) is 20.0. The van der Waals surface area contributed by atoms with Crippen molar-refractivity contribution in [3.8, 4) is 0 Å². The average molecular weight is 487 g/mol. The number of aromatic nitrogens is 3. The number of thiazole rings is 1. The maximum absolute atomic E-state index is 14.0. The van der Waals surface area contributed by atoms with Crippen LogP contribution in [0, 0.1) is 18.7 Å². The second-order valence-corrected chi connectivity index (χ2v) is 9.41. The first-order valence-corrected chi connectivity index (χ1v) is 12.1. The highest BCUT2D eigenvalue weighted by molar-refractivity contribution is 7.22. The van der Waals surface area contributed by atoms with Gasteiger partial charge in [-0.1, -0.05) is 24.3 Å². The fourth-order valence-corrected chi connectivity index (χ4v) is 4.91. The summed E-state index contributed by atoms with van der Waals surface area (Å²) in [6, 6.07) is 4.50. The topological polar surface area (TPSA) is 109 Å². The molecule has 2 amide bonds. The Morgan fingerprint density at radius 3 is 2.91 bits per heavy atom. The van der Waals surface area contributed by atoms with Crippen molar-refractivity contribution in [1.29, 1.82) is 0 Å². The lowest BCUT2D eigenvalue weighted by molar-refractivity contribution is -0.125. The van der Waals surface area contributed by atoms with Crippen LogP contribution in [0.1, 0.15) is 31.7 Å². The van der Waals surface area contributed by atoms with E-state index in [4.69, 9.17) is 0 Å². The van der Waals surface area contributed by atoms with Crippen LogP contribution in [0.3, 0.4) is 0 Å². The number of rotatable bonds is 7. The van der Waals surface area contributed by atoms with E-state index in [0.29, 0.717) is 28.6 Å². The lowest BCUT2D eigenvalue weighted by atomic mass is 9.97. The van der Waals surface area contributed by atoms with Crippen LogP contribution in [0.2, 0.25) is 0 Å². The number of carbonyl (C=O) groups is 2. The van der Waals surface area contributed by atoms with E-state index in [2.05, 4.69) is 20.6 Å². The van der Waals surface area contributed by atoms with Gasteiger partial charge in [0.25, 0.3) is 5.56 Å². The van der Waals surface area contributed by atoms with Crippen molar-refractivity contribution in [1.82, 2.24) is 19.9 Å². The van der Waals surface area contributed by atoms with Crippen molar-refractivity contribution in [2.24, 2.45) is 5.92 Å². The number of carbonyl (C=O) groups excluding carboxylic acids is 2. The maximum atomic E-state index is 14.0. The summed E-state index contributed by atoms with van der Waals surface area (Å²) in [6.45, 7) is 5.41. The Morgan fingerprint density at radius 2 is 2.15 bits per heavy atom. The molecule has 1 fully saturated rings. The molecule has 3 heterocycles. The molecule has 1 aliphatic heterocycles. The second kappa shape index (κ2) is 10.3. The van der Waals surface area contributed by atoms with Gasteiger partial charge < -0.3 is 15.5 Å². The molecule has 9 nitrogen and oxygen atoms in total. The fourth-order valence-electron chi connectivity index (χ4n) is 3.91. The molecule has 180 valence electrons. The smallest absolute Gasteiger partial charge is 0.273 e. The predicted octanol–water partition coefficient (Wildman–Crippen LogP) is 2.68. The van der Waals surface area contributed by atoms with Crippen LogP contribution in [0.4, 0.5) is 15.2 Å². The minimum atomic E-state index is -0.537. The Hall–Kier alpha value is -3.34. The summed E-state index contributed by atoms with van der Waals surface area (Å²) in [5, 5.41) is 6.07. The molecule has 1 aromatic carbocycles. The first-order valence-electron chi connectivity index (χ1n) is 11.3. The average Bonchev–Trinajstić information content (AvgIpc) is 3.26. The number of fused-ring (bicyclic) bond motifs is 1. The van der Waals surface area contributed by atoms with Gasteiger partial charge in [0.15, 0.2) is 10.8 Å². The van der Waals surface area contributed by atoms with Crippen molar-refractivity contribution >= 4 is 44.3 Å². The Labute approximate surface area is 200 Å². The lowest BCUT2D eigenvalue weighted by Crippen LogP contribution is -2.43. The molecule has 0 aliphatic carbocycles. The van der Waals surface area contributed by atoms with Crippen LogP contribution in [0.25, 0.3) is 10.3 Å². The summed E-state index contributed by atoms with van der Waals surface area (Å²) in [7, 11) is 0. The van der Waals surface area contributed by atoms with Gasteiger partial charge in [-0.3, -0.25) is 19.0 Å². The van der Waals surface area contributed by atoms with E-state index in [1.54, 1.807) is 13.0 Å². The van der Waals surface area contributed by atoms with Crippen LogP contribution in [0.15, 0.2) is 29.3 Å². The van der Waals surface area contributed by atoms with E-state index in [0.717, 1.165) is 31.4 Å². The highest BCUT2D eigenvalue weighted by Crippen LogP contribution is 2.29. The molecule has 1 aliphatic rings.